The molecular weight excluding hydrogens is 268 g/mol. The molecule has 0 fully saturated rings. The van der Waals surface area contributed by atoms with Gasteiger partial charge in [-0.05, 0) is 24.3 Å². The molecule has 2 aromatic carbocycles. The van der Waals surface area contributed by atoms with Gasteiger partial charge < -0.3 is 20.1 Å². The first kappa shape index (κ1) is 13.3. The van der Waals surface area contributed by atoms with Gasteiger partial charge in [0, 0.05) is 0 Å². The van der Waals surface area contributed by atoms with Gasteiger partial charge in [-0.1, -0.05) is 24.3 Å². The van der Waals surface area contributed by atoms with E-state index in [1.807, 2.05) is 36.4 Å². The summed E-state index contributed by atoms with van der Waals surface area (Å²) >= 11 is 0. The summed E-state index contributed by atoms with van der Waals surface area (Å²) < 4.78 is 10.9. The maximum atomic E-state index is 12.3. The number of carbonyl (C=O) groups excluding carboxylic acids is 1. The van der Waals surface area contributed by atoms with Crippen LogP contribution in [0.2, 0.25) is 0 Å². The highest BCUT2D eigenvalue weighted by Crippen LogP contribution is 2.29. The van der Waals surface area contributed by atoms with E-state index >= 15 is 0 Å². The van der Waals surface area contributed by atoms with Crippen molar-refractivity contribution in [2.75, 3.05) is 24.3 Å². The standard InChI is InChI=1S/C16H16N2O3/c1-20-13-8-4-3-7-12(13)18-16(19)15-10-17-11-6-2-5-9-14(11)21-15/h2-9,15,17H,10H2,1H3,(H,18,19). The first-order valence-electron chi connectivity index (χ1n) is 6.71. The molecule has 0 aromatic heterocycles. The molecule has 108 valence electrons. The lowest BCUT2D eigenvalue weighted by atomic mass is 10.2. The maximum absolute atomic E-state index is 12.3. The number of ether oxygens (including phenoxy) is 2. The summed E-state index contributed by atoms with van der Waals surface area (Å²) in [5, 5.41) is 6.02. The molecule has 2 aromatic rings. The number of benzene rings is 2. The minimum atomic E-state index is -0.579. The quantitative estimate of drug-likeness (QED) is 0.909. The lowest BCUT2D eigenvalue weighted by Crippen LogP contribution is -2.41. The molecule has 2 N–H and O–H groups in total. The van der Waals surface area contributed by atoms with E-state index in [0.717, 1.165) is 5.69 Å². The fraction of sp³-hybridized carbons (Fsp3) is 0.188. The third-order valence-corrected chi connectivity index (χ3v) is 3.29. The number of amides is 1. The molecule has 1 amide bonds. The fourth-order valence-electron chi connectivity index (χ4n) is 2.22. The van der Waals surface area contributed by atoms with Crippen LogP contribution < -0.4 is 20.1 Å². The molecule has 0 radical (unpaired) electrons. The Kier molecular flexibility index (Phi) is 3.64. The third-order valence-electron chi connectivity index (χ3n) is 3.29. The van der Waals surface area contributed by atoms with Crippen molar-refractivity contribution in [3.63, 3.8) is 0 Å². The minimum Gasteiger partial charge on any atom is -0.495 e. The third kappa shape index (κ3) is 2.76. The molecule has 0 saturated heterocycles. The van der Waals surface area contributed by atoms with Gasteiger partial charge >= 0.3 is 0 Å². The molecular formula is C16H16N2O3. The van der Waals surface area contributed by atoms with E-state index < -0.39 is 6.10 Å². The molecule has 1 heterocycles. The van der Waals surface area contributed by atoms with E-state index in [9.17, 15) is 4.79 Å². The second kappa shape index (κ2) is 5.75. The normalized spacial score (nSPS) is 16.1. The van der Waals surface area contributed by atoms with E-state index in [4.69, 9.17) is 9.47 Å². The highest BCUT2D eigenvalue weighted by molar-refractivity contribution is 5.96. The Morgan fingerprint density at radius 1 is 1.24 bits per heavy atom. The van der Waals surface area contributed by atoms with Crippen molar-refractivity contribution in [2.45, 2.75) is 6.10 Å². The van der Waals surface area contributed by atoms with Gasteiger partial charge in [0.25, 0.3) is 5.91 Å². The minimum absolute atomic E-state index is 0.207. The van der Waals surface area contributed by atoms with Crippen LogP contribution in [-0.4, -0.2) is 25.7 Å². The number of fused-ring (bicyclic) bond motifs is 1. The van der Waals surface area contributed by atoms with E-state index in [1.165, 1.54) is 0 Å². The highest BCUT2D eigenvalue weighted by Gasteiger charge is 2.26. The van der Waals surface area contributed by atoms with Gasteiger partial charge in [0.1, 0.15) is 11.5 Å². The van der Waals surface area contributed by atoms with Crippen LogP contribution in [0.3, 0.4) is 0 Å². The zero-order chi connectivity index (χ0) is 14.7. The predicted octanol–water partition coefficient (Wildman–Crippen LogP) is 2.51. The Morgan fingerprint density at radius 3 is 2.86 bits per heavy atom. The van der Waals surface area contributed by atoms with Crippen LogP contribution in [0, 0.1) is 0 Å². The van der Waals surface area contributed by atoms with E-state index in [0.29, 0.717) is 23.7 Å². The summed E-state index contributed by atoms with van der Waals surface area (Å²) in [6.45, 7) is 0.429. The van der Waals surface area contributed by atoms with Crippen LogP contribution >= 0.6 is 0 Å². The zero-order valence-corrected chi connectivity index (χ0v) is 11.6. The van der Waals surface area contributed by atoms with Crippen LogP contribution in [0.5, 0.6) is 11.5 Å². The van der Waals surface area contributed by atoms with Gasteiger partial charge in [-0.3, -0.25) is 4.79 Å². The van der Waals surface area contributed by atoms with Crippen molar-refractivity contribution < 1.29 is 14.3 Å². The average Bonchev–Trinajstić information content (AvgIpc) is 2.55. The molecule has 0 saturated carbocycles. The molecule has 3 rings (SSSR count). The van der Waals surface area contributed by atoms with E-state index in [2.05, 4.69) is 10.6 Å². The van der Waals surface area contributed by atoms with Gasteiger partial charge in [0.15, 0.2) is 6.10 Å². The Labute approximate surface area is 122 Å². The molecule has 5 heteroatoms. The van der Waals surface area contributed by atoms with Gasteiger partial charge in [-0.25, -0.2) is 0 Å². The molecule has 21 heavy (non-hydrogen) atoms. The van der Waals surface area contributed by atoms with Gasteiger partial charge in [0.2, 0.25) is 0 Å². The first-order valence-corrected chi connectivity index (χ1v) is 6.71. The molecule has 1 aliphatic heterocycles. The summed E-state index contributed by atoms with van der Waals surface area (Å²) in [6.07, 6.45) is -0.579. The average molecular weight is 284 g/mol. The molecule has 1 atom stereocenters. The number of hydrogen-bond donors (Lipinski definition) is 2. The summed E-state index contributed by atoms with van der Waals surface area (Å²) in [4.78, 5) is 12.3. The molecule has 0 aliphatic carbocycles. The summed E-state index contributed by atoms with van der Waals surface area (Å²) in [6, 6.07) is 14.8. The van der Waals surface area contributed by atoms with Crippen LogP contribution in [0.1, 0.15) is 0 Å². The molecule has 1 unspecified atom stereocenters. The van der Waals surface area contributed by atoms with Crippen molar-refractivity contribution in [1.82, 2.24) is 0 Å². The lowest BCUT2D eigenvalue weighted by molar-refractivity contribution is -0.122. The topological polar surface area (TPSA) is 59.6 Å². The zero-order valence-electron chi connectivity index (χ0n) is 11.6. The van der Waals surface area contributed by atoms with Gasteiger partial charge in [-0.2, -0.15) is 0 Å². The Balaban J connectivity index is 1.72. The second-order valence-corrected chi connectivity index (χ2v) is 4.67. The smallest absolute Gasteiger partial charge is 0.267 e. The second-order valence-electron chi connectivity index (χ2n) is 4.67. The Hall–Kier alpha value is -2.69. The summed E-state index contributed by atoms with van der Waals surface area (Å²) in [5.41, 5.74) is 1.53. The van der Waals surface area contributed by atoms with Gasteiger partial charge in [-0.15, -0.1) is 0 Å². The SMILES string of the molecule is COc1ccccc1NC(=O)C1CNc2ccccc2O1. The van der Waals surface area contributed by atoms with Crippen LogP contribution in [0.15, 0.2) is 48.5 Å². The fourth-order valence-corrected chi connectivity index (χ4v) is 2.22. The first-order chi connectivity index (χ1) is 10.3. The number of rotatable bonds is 3. The number of carbonyl (C=O) groups is 1. The number of anilines is 2. The molecule has 1 aliphatic rings. The number of nitrogens with one attached hydrogen (secondary N) is 2. The van der Waals surface area contributed by atoms with Crippen molar-refractivity contribution in [2.24, 2.45) is 0 Å². The van der Waals surface area contributed by atoms with Crippen LogP contribution in [-0.2, 0) is 4.79 Å². The largest absolute Gasteiger partial charge is 0.495 e. The van der Waals surface area contributed by atoms with Crippen molar-refractivity contribution in [3.05, 3.63) is 48.5 Å². The number of methoxy groups -OCH3 is 1. The maximum Gasteiger partial charge on any atom is 0.267 e. The summed E-state index contributed by atoms with van der Waals surface area (Å²) in [5.74, 6) is 1.10. The van der Waals surface area contributed by atoms with Crippen molar-refractivity contribution in [3.8, 4) is 11.5 Å². The summed E-state index contributed by atoms with van der Waals surface area (Å²) in [7, 11) is 1.57. The van der Waals surface area contributed by atoms with Crippen molar-refractivity contribution in [1.29, 1.82) is 0 Å². The van der Waals surface area contributed by atoms with Gasteiger partial charge in [0.05, 0.1) is 25.0 Å². The Morgan fingerprint density at radius 2 is 2.00 bits per heavy atom. The highest BCUT2D eigenvalue weighted by atomic mass is 16.5. The monoisotopic (exact) mass is 284 g/mol. The van der Waals surface area contributed by atoms with Crippen LogP contribution in [0.25, 0.3) is 0 Å². The van der Waals surface area contributed by atoms with E-state index in [1.54, 1.807) is 19.2 Å². The number of hydrogen-bond acceptors (Lipinski definition) is 4. The molecule has 5 nitrogen and oxygen atoms in total. The van der Waals surface area contributed by atoms with Crippen molar-refractivity contribution >= 4 is 17.3 Å². The molecule has 0 bridgehead atoms. The van der Waals surface area contributed by atoms with E-state index in [-0.39, 0.29) is 5.91 Å². The molecule has 0 spiro atoms. The van der Waals surface area contributed by atoms with Crippen LogP contribution in [0.4, 0.5) is 11.4 Å². The number of para-hydroxylation sites is 4. The Bertz CT molecular complexity index is 657. The predicted molar refractivity (Wildman–Crippen MR) is 81.0 cm³/mol. The lowest BCUT2D eigenvalue weighted by Gasteiger charge is -2.26.